The van der Waals surface area contributed by atoms with Crippen molar-refractivity contribution in [1.29, 1.82) is 5.26 Å². The second-order valence-corrected chi connectivity index (χ2v) is 16.6. The van der Waals surface area contributed by atoms with E-state index >= 15 is 0 Å². The molecule has 306 valence electrons. The van der Waals surface area contributed by atoms with E-state index in [2.05, 4.69) is 106 Å². The van der Waals surface area contributed by atoms with Crippen LogP contribution in [-0.4, -0.2) is 24.1 Å². The molecule has 0 bridgehead atoms. The maximum absolute atomic E-state index is 11.6. The first-order valence-electron chi connectivity index (χ1n) is 21.8. The Morgan fingerprint density at radius 3 is 1.48 bits per heavy atom. The zero-order chi connectivity index (χ0) is 43.5. The molecule has 0 aliphatic heterocycles. The van der Waals surface area contributed by atoms with E-state index in [9.17, 15) is 5.26 Å². The fourth-order valence-electron chi connectivity index (χ4n) is 10.3. The van der Waals surface area contributed by atoms with E-state index in [1.54, 1.807) is 0 Å². The van der Waals surface area contributed by atoms with Gasteiger partial charge in [-0.2, -0.15) is 5.26 Å². The van der Waals surface area contributed by atoms with Crippen LogP contribution in [0.4, 0.5) is 0 Å². The van der Waals surface area contributed by atoms with Crippen LogP contribution >= 0.6 is 0 Å². The lowest BCUT2D eigenvalue weighted by Crippen LogP contribution is -2.03. The van der Waals surface area contributed by atoms with Gasteiger partial charge in [0.2, 0.25) is 0 Å². The third-order valence-corrected chi connectivity index (χ3v) is 13.0. The summed E-state index contributed by atoms with van der Waals surface area (Å²) in [5, 5.41) is 19.3. The highest BCUT2D eigenvalue weighted by Gasteiger charge is 2.31. The number of fused-ring (bicyclic) bond motifs is 15. The summed E-state index contributed by atoms with van der Waals surface area (Å²) >= 11 is 0. The van der Waals surface area contributed by atoms with Crippen LogP contribution in [0.5, 0.6) is 0 Å². The summed E-state index contributed by atoms with van der Waals surface area (Å²) in [6.07, 6.45) is 0. The van der Waals surface area contributed by atoms with Gasteiger partial charge in [0.1, 0.15) is 28.5 Å². The summed E-state index contributed by atoms with van der Waals surface area (Å²) in [5.74, 6) is 1.48. The zero-order valence-corrected chi connectivity index (χ0v) is 35.0. The second kappa shape index (κ2) is 13.8. The van der Waals surface area contributed by atoms with Crippen molar-refractivity contribution < 1.29 is 8.83 Å². The molecule has 0 saturated heterocycles. The molecule has 66 heavy (non-hydrogen) atoms. The van der Waals surface area contributed by atoms with E-state index in [1.165, 1.54) is 0 Å². The summed E-state index contributed by atoms with van der Waals surface area (Å²) < 4.78 is 18.7. The quantitative estimate of drug-likeness (QED) is 0.171. The molecule has 5 heterocycles. The molecule has 5 aromatic heterocycles. The number of nitriles is 1. The fourth-order valence-corrected chi connectivity index (χ4v) is 10.3. The number of aromatic nitrogens is 5. The average molecular weight is 845 g/mol. The van der Waals surface area contributed by atoms with Gasteiger partial charge >= 0.3 is 0 Å². The number of rotatable bonds is 5. The van der Waals surface area contributed by atoms with Crippen molar-refractivity contribution in [3.05, 3.63) is 200 Å². The Morgan fingerprint density at radius 2 is 0.864 bits per heavy atom. The third-order valence-electron chi connectivity index (χ3n) is 13.0. The largest absolute Gasteiger partial charge is 0.455 e. The van der Waals surface area contributed by atoms with Gasteiger partial charge in [-0.25, -0.2) is 15.0 Å². The highest BCUT2D eigenvalue weighted by Crippen LogP contribution is 2.51. The lowest BCUT2D eigenvalue weighted by molar-refractivity contribution is 0.666. The SMILES string of the molecule is N#Cc1cc(-c2nc(-c3ccccc3)nc(-c3ccccc3)n2)c2c(oc3ccccc32)c1-n1c2ccccc2c2c3oc4ccccc4c3c3c(c4ccccc4n3-c3ccccc3)c21. The van der Waals surface area contributed by atoms with E-state index in [-0.39, 0.29) is 0 Å². The monoisotopic (exact) mass is 844 g/mol. The topological polar surface area (TPSA) is 98.6 Å². The molecule has 14 aromatic rings. The standard InChI is InChI=1S/C58H32N6O2/c59-33-36-32-42(58-61-56(34-18-4-1-5-19-34)60-57(62-58)35-20-6-2-7-21-35)47-40-26-12-16-30-45(40)66-55(47)51(36)64-44-29-15-11-25-39(44)49-53(64)48-38-24-10-14-28-43(38)63(37-22-8-3-9-23-37)52(48)50-41-27-13-17-31-46(41)65-54(49)50/h1-32H. The summed E-state index contributed by atoms with van der Waals surface area (Å²) in [7, 11) is 0. The van der Waals surface area contributed by atoms with Gasteiger partial charge < -0.3 is 18.0 Å². The first-order valence-corrected chi connectivity index (χ1v) is 21.8. The molecule has 0 fully saturated rings. The normalized spacial score (nSPS) is 11.9. The number of furan rings is 2. The second-order valence-electron chi connectivity index (χ2n) is 16.6. The molecule has 0 unspecified atom stereocenters. The smallest absolute Gasteiger partial charge is 0.164 e. The van der Waals surface area contributed by atoms with Crippen molar-refractivity contribution in [3.8, 4) is 51.6 Å². The van der Waals surface area contributed by atoms with Gasteiger partial charge in [-0.3, -0.25) is 0 Å². The molecule has 0 aliphatic rings. The maximum Gasteiger partial charge on any atom is 0.164 e. The van der Waals surface area contributed by atoms with Gasteiger partial charge in [-0.15, -0.1) is 0 Å². The van der Waals surface area contributed by atoms with Crippen molar-refractivity contribution in [2.24, 2.45) is 0 Å². The highest BCUT2D eigenvalue weighted by atomic mass is 16.3. The molecule has 9 aromatic carbocycles. The van der Waals surface area contributed by atoms with Crippen LogP contribution in [0.15, 0.2) is 203 Å². The Morgan fingerprint density at radius 1 is 0.409 bits per heavy atom. The van der Waals surface area contributed by atoms with Crippen LogP contribution in [0.2, 0.25) is 0 Å². The molecule has 0 saturated carbocycles. The summed E-state index contributed by atoms with van der Waals surface area (Å²) in [5.41, 5.74) is 11.1. The summed E-state index contributed by atoms with van der Waals surface area (Å²) in [6.45, 7) is 0. The van der Waals surface area contributed by atoms with E-state index in [0.29, 0.717) is 45.5 Å². The summed E-state index contributed by atoms with van der Waals surface area (Å²) in [6, 6.07) is 68.2. The molecule has 8 heteroatoms. The molecule has 0 amide bonds. The predicted molar refractivity (Wildman–Crippen MR) is 264 cm³/mol. The maximum atomic E-state index is 11.6. The number of hydrogen-bond donors (Lipinski definition) is 0. The van der Waals surface area contributed by atoms with Crippen molar-refractivity contribution in [3.63, 3.8) is 0 Å². The lowest BCUT2D eigenvalue weighted by atomic mass is 9.99. The molecular weight excluding hydrogens is 813 g/mol. The van der Waals surface area contributed by atoms with Crippen molar-refractivity contribution in [2.75, 3.05) is 0 Å². The molecular formula is C58H32N6O2. The molecule has 0 aliphatic carbocycles. The molecule has 0 spiro atoms. The van der Waals surface area contributed by atoms with Gasteiger partial charge in [0, 0.05) is 54.7 Å². The Balaban J connectivity index is 1.19. The van der Waals surface area contributed by atoms with Crippen LogP contribution in [0.3, 0.4) is 0 Å². The number of nitrogens with zero attached hydrogens (tertiary/aromatic N) is 6. The minimum atomic E-state index is 0.395. The van der Waals surface area contributed by atoms with Crippen molar-refractivity contribution in [2.45, 2.75) is 0 Å². The van der Waals surface area contributed by atoms with Gasteiger partial charge in [-0.1, -0.05) is 152 Å². The van der Waals surface area contributed by atoms with E-state index in [4.69, 9.17) is 23.8 Å². The Bertz CT molecular complexity index is 4290. The van der Waals surface area contributed by atoms with Crippen LogP contribution in [-0.2, 0) is 0 Å². The van der Waals surface area contributed by atoms with Crippen LogP contribution in [0.25, 0.3) is 133 Å². The molecule has 0 atom stereocenters. The van der Waals surface area contributed by atoms with Gasteiger partial charge in [0.25, 0.3) is 0 Å². The molecule has 0 radical (unpaired) electrons. The minimum absolute atomic E-state index is 0.395. The van der Waals surface area contributed by atoms with Crippen LogP contribution in [0.1, 0.15) is 5.56 Å². The van der Waals surface area contributed by atoms with Gasteiger partial charge in [0.05, 0.1) is 38.4 Å². The summed E-state index contributed by atoms with van der Waals surface area (Å²) in [4.78, 5) is 15.3. The number of para-hydroxylation sites is 5. The molecule has 0 N–H and O–H groups in total. The van der Waals surface area contributed by atoms with Crippen molar-refractivity contribution in [1.82, 2.24) is 24.1 Å². The predicted octanol–water partition coefficient (Wildman–Crippen LogP) is 14.7. The van der Waals surface area contributed by atoms with E-state index in [0.717, 1.165) is 93.1 Å². The van der Waals surface area contributed by atoms with Gasteiger partial charge in [0.15, 0.2) is 23.1 Å². The lowest BCUT2D eigenvalue weighted by Gasteiger charge is -2.15. The van der Waals surface area contributed by atoms with Crippen molar-refractivity contribution >= 4 is 87.5 Å². The number of hydrogen-bond acceptors (Lipinski definition) is 6. The average Bonchev–Trinajstić information content (AvgIpc) is 4.15. The van der Waals surface area contributed by atoms with Crippen LogP contribution < -0.4 is 0 Å². The first-order chi connectivity index (χ1) is 32.7. The van der Waals surface area contributed by atoms with Gasteiger partial charge in [-0.05, 0) is 42.5 Å². The Hall–Kier alpha value is -9.32. The van der Waals surface area contributed by atoms with Crippen LogP contribution in [0, 0.1) is 11.3 Å². The highest BCUT2D eigenvalue weighted by molar-refractivity contribution is 6.39. The molecule has 8 nitrogen and oxygen atoms in total. The fraction of sp³-hybridized carbons (Fsp3) is 0. The third kappa shape index (κ3) is 5.05. The Kier molecular flexibility index (Phi) is 7.59. The zero-order valence-electron chi connectivity index (χ0n) is 35.0. The van der Waals surface area contributed by atoms with E-state index in [1.807, 2.05) is 103 Å². The Labute approximate surface area is 375 Å². The minimum Gasteiger partial charge on any atom is -0.455 e. The first kappa shape index (κ1) is 36.2. The molecule has 14 rings (SSSR count). The van der Waals surface area contributed by atoms with E-state index < -0.39 is 0 Å². The number of benzene rings is 9.